The van der Waals surface area contributed by atoms with E-state index < -0.39 is 0 Å². The number of imidazole rings is 1. The molecule has 0 unspecified atom stereocenters. The van der Waals surface area contributed by atoms with E-state index in [4.69, 9.17) is 11.6 Å². The normalized spacial score (nSPS) is 11.3. The number of hydrogen-bond donors (Lipinski definition) is 0. The Balaban J connectivity index is 2.19. The molecular formula is C10H7ClN2S2. The third-order valence-corrected chi connectivity index (χ3v) is 4.30. The van der Waals surface area contributed by atoms with E-state index in [9.17, 15) is 0 Å². The Morgan fingerprint density at radius 1 is 1.33 bits per heavy atom. The summed E-state index contributed by atoms with van der Waals surface area (Å²) in [5.74, 6) is 0. The summed E-state index contributed by atoms with van der Waals surface area (Å²) in [5.41, 5.74) is 3.31. The van der Waals surface area contributed by atoms with E-state index in [1.807, 2.05) is 11.4 Å². The monoisotopic (exact) mass is 254 g/mol. The van der Waals surface area contributed by atoms with Crippen molar-refractivity contribution in [1.29, 1.82) is 0 Å². The van der Waals surface area contributed by atoms with Gasteiger partial charge in [0.25, 0.3) is 0 Å². The summed E-state index contributed by atoms with van der Waals surface area (Å²) in [6.07, 6.45) is 2.06. The maximum atomic E-state index is 5.90. The maximum Gasteiger partial charge on any atom is 0.194 e. The van der Waals surface area contributed by atoms with Crippen LogP contribution in [0.2, 0.25) is 4.34 Å². The number of thiazole rings is 1. The van der Waals surface area contributed by atoms with E-state index in [2.05, 4.69) is 27.9 Å². The zero-order chi connectivity index (χ0) is 10.4. The lowest BCUT2D eigenvalue weighted by atomic mass is 10.3. The zero-order valence-corrected chi connectivity index (χ0v) is 10.3. The lowest BCUT2D eigenvalue weighted by Crippen LogP contribution is -1.77. The average Bonchev–Trinajstić information content (AvgIpc) is 2.84. The molecule has 0 saturated carbocycles. The van der Waals surface area contributed by atoms with Crippen molar-refractivity contribution < 1.29 is 0 Å². The highest BCUT2D eigenvalue weighted by molar-refractivity contribution is 7.15. The van der Waals surface area contributed by atoms with Gasteiger partial charge in [0.1, 0.15) is 0 Å². The van der Waals surface area contributed by atoms with Gasteiger partial charge in [0.2, 0.25) is 0 Å². The fourth-order valence-corrected chi connectivity index (χ4v) is 3.20. The molecule has 0 atom stereocenters. The van der Waals surface area contributed by atoms with Gasteiger partial charge < -0.3 is 0 Å². The van der Waals surface area contributed by atoms with Crippen molar-refractivity contribution in [3.8, 4) is 11.3 Å². The molecular weight excluding hydrogens is 248 g/mol. The minimum Gasteiger partial charge on any atom is -0.294 e. The molecule has 0 bridgehead atoms. The molecule has 0 radical (unpaired) electrons. The van der Waals surface area contributed by atoms with Crippen LogP contribution in [-0.2, 0) is 0 Å². The molecule has 2 nitrogen and oxygen atoms in total. The van der Waals surface area contributed by atoms with Gasteiger partial charge in [-0.1, -0.05) is 11.6 Å². The lowest BCUT2D eigenvalue weighted by molar-refractivity contribution is 1.13. The number of aromatic nitrogens is 2. The number of aryl methyl sites for hydroxylation is 1. The number of fused-ring (bicyclic) bond motifs is 1. The first-order chi connectivity index (χ1) is 7.24. The molecule has 3 aromatic rings. The van der Waals surface area contributed by atoms with Gasteiger partial charge in [0.05, 0.1) is 10.0 Å². The van der Waals surface area contributed by atoms with Gasteiger partial charge in [-0.15, -0.1) is 22.7 Å². The van der Waals surface area contributed by atoms with Crippen LogP contribution in [0.5, 0.6) is 0 Å². The number of rotatable bonds is 1. The van der Waals surface area contributed by atoms with Gasteiger partial charge in [0, 0.05) is 28.2 Å². The van der Waals surface area contributed by atoms with Crippen molar-refractivity contribution in [1.82, 2.24) is 9.38 Å². The molecule has 76 valence electrons. The molecule has 5 heteroatoms. The fourth-order valence-electron chi connectivity index (χ4n) is 1.48. The average molecular weight is 255 g/mol. The van der Waals surface area contributed by atoms with Gasteiger partial charge in [0.15, 0.2) is 4.96 Å². The second kappa shape index (κ2) is 3.33. The molecule has 3 aromatic heterocycles. The third-order valence-electron chi connectivity index (χ3n) is 2.25. The Morgan fingerprint density at radius 3 is 2.87 bits per heavy atom. The predicted octanol–water partition coefficient (Wildman–Crippen LogP) is 4.09. The van der Waals surface area contributed by atoms with Crippen molar-refractivity contribution in [2.24, 2.45) is 0 Å². The van der Waals surface area contributed by atoms with E-state index in [1.54, 1.807) is 11.3 Å². The van der Waals surface area contributed by atoms with Crippen LogP contribution in [0.1, 0.15) is 5.69 Å². The SMILES string of the molecule is Cc1csc2nc(-c3csc(Cl)c3)cn12. The van der Waals surface area contributed by atoms with Crippen molar-refractivity contribution in [2.75, 3.05) is 0 Å². The van der Waals surface area contributed by atoms with Crippen LogP contribution in [0.15, 0.2) is 23.0 Å². The van der Waals surface area contributed by atoms with Gasteiger partial charge in [-0.3, -0.25) is 4.40 Å². The summed E-state index contributed by atoms with van der Waals surface area (Å²) in [6, 6.07) is 1.95. The van der Waals surface area contributed by atoms with Crippen molar-refractivity contribution >= 4 is 39.2 Å². The molecule has 0 fully saturated rings. The number of thiophene rings is 1. The first kappa shape index (κ1) is 9.39. The topological polar surface area (TPSA) is 17.3 Å². The zero-order valence-electron chi connectivity index (χ0n) is 7.90. The second-order valence-corrected chi connectivity index (χ2v) is 5.67. The molecule has 0 aliphatic heterocycles. The molecule has 0 amide bonds. The molecule has 3 rings (SSSR count). The Bertz CT molecular complexity index is 620. The van der Waals surface area contributed by atoms with Crippen LogP contribution in [-0.4, -0.2) is 9.38 Å². The molecule has 0 N–H and O–H groups in total. The Hall–Kier alpha value is -0.840. The quantitative estimate of drug-likeness (QED) is 0.640. The lowest BCUT2D eigenvalue weighted by Gasteiger charge is -1.87. The van der Waals surface area contributed by atoms with Crippen molar-refractivity contribution in [2.45, 2.75) is 6.92 Å². The van der Waals surface area contributed by atoms with E-state index in [0.717, 1.165) is 20.6 Å². The smallest absolute Gasteiger partial charge is 0.194 e. The van der Waals surface area contributed by atoms with Gasteiger partial charge in [-0.05, 0) is 13.0 Å². The van der Waals surface area contributed by atoms with E-state index in [-0.39, 0.29) is 0 Å². The Kier molecular flexibility index (Phi) is 2.09. The standard InChI is InChI=1S/C10H7ClN2S2/c1-6-4-15-10-12-8(3-13(6)10)7-2-9(11)14-5-7/h2-5H,1H3. The first-order valence-electron chi connectivity index (χ1n) is 4.41. The van der Waals surface area contributed by atoms with Crippen LogP contribution in [0, 0.1) is 6.92 Å². The summed E-state index contributed by atoms with van der Waals surface area (Å²) in [5, 5.41) is 4.14. The van der Waals surface area contributed by atoms with Gasteiger partial charge >= 0.3 is 0 Å². The maximum absolute atomic E-state index is 5.90. The van der Waals surface area contributed by atoms with Crippen LogP contribution in [0.4, 0.5) is 0 Å². The van der Waals surface area contributed by atoms with Crippen LogP contribution >= 0.6 is 34.3 Å². The molecule has 15 heavy (non-hydrogen) atoms. The highest BCUT2D eigenvalue weighted by Crippen LogP contribution is 2.29. The summed E-state index contributed by atoms with van der Waals surface area (Å²) >= 11 is 9.09. The number of halogens is 1. The fraction of sp³-hybridized carbons (Fsp3) is 0.100. The summed E-state index contributed by atoms with van der Waals surface area (Å²) in [7, 11) is 0. The van der Waals surface area contributed by atoms with E-state index in [0.29, 0.717) is 0 Å². The molecule has 0 aliphatic rings. The van der Waals surface area contributed by atoms with Crippen LogP contribution in [0.3, 0.4) is 0 Å². The minimum atomic E-state index is 0.804. The predicted molar refractivity (Wildman–Crippen MR) is 66.1 cm³/mol. The summed E-state index contributed by atoms with van der Waals surface area (Å²) in [6.45, 7) is 2.08. The molecule has 0 saturated heterocycles. The van der Waals surface area contributed by atoms with E-state index in [1.165, 1.54) is 17.0 Å². The third kappa shape index (κ3) is 1.49. The number of nitrogens with zero attached hydrogens (tertiary/aromatic N) is 2. The summed E-state index contributed by atoms with van der Waals surface area (Å²) in [4.78, 5) is 5.58. The van der Waals surface area contributed by atoms with Crippen LogP contribution in [0.25, 0.3) is 16.2 Å². The summed E-state index contributed by atoms with van der Waals surface area (Å²) < 4.78 is 2.91. The van der Waals surface area contributed by atoms with Gasteiger partial charge in [-0.2, -0.15) is 0 Å². The highest BCUT2D eigenvalue weighted by atomic mass is 35.5. The largest absolute Gasteiger partial charge is 0.294 e. The molecule has 3 heterocycles. The highest BCUT2D eigenvalue weighted by Gasteiger charge is 2.08. The minimum absolute atomic E-state index is 0.804. The molecule has 0 aliphatic carbocycles. The van der Waals surface area contributed by atoms with E-state index >= 15 is 0 Å². The van der Waals surface area contributed by atoms with Crippen LogP contribution < -0.4 is 0 Å². The van der Waals surface area contributed by atoms with Gasteiger partial charge in [-0.25, -0.2) is 4.98 Å². The van der Waals surface area contributed by atoms with Crippen molar-refractivity contribution in [3.63, 3.8) is 0 Å². The molecule has 0 spiro atoms. The first-order valence-corrected chi connectivity index (χ1v) is 6.55. The molecule has 0 aromatic carbocycles. The van der Waals surface area contributed by atoms with Crippen molar-refractivity contribution in [3.05, 3.63) is 33.1 Å². The second-order valence-electron chi connectivity index (χ2n) is 3.30. The Morgan fingerprint density at radius 2 is 2.20 bits per heavy atom. The Labute approximate surface area is 99.8 Å². The number of hydrogen-bond acceptors (Lipinski definition) is 3.